The molecule has 0 atom stereocenters. The number of nitro groups is 1. The molecule has 0 spiro atoms. The zero-order valence-corrected chi connectivity index (χ0v) is 12.8. The van der Waals surface area contributed by atoms with Crippen LogP contribution in [0.25, 0.3) is 0 Å². The van der Waals surface area contributed by atoms with E-state index >= 15 is 0 Å². The van der Waals surface area contributed by atoms with Crippen molar-refractivity contribution in [2.45, 2.75) is 0 Å². The van der Waals surface area contributed by atoms with Gasteiger partial charge in [-0.3, -0.25) is 14.9 Å². The molecule has 0 bridgehead atoms. The highest BCUT2D eigenvalue weighted by Gasteiger charge is 2.07. The van der Waals surface area contributed by atoms with Gasteiger partial charge >= 0.3 is 0 Å². The minimum absolute atomic E-state index is 0.0715. The smallest absolute Gasteiger partial charge is 0.269 e. The van der Waals surface area contributed by atoms with Gasteiger partial charge in [0.1, 0.15) is 18.1 Å². The second-order valence-corrected chi connectivity index (χ2v) is 4.77. The molecule has 0 saturated carbocycles. The fourth-order valence-corrected chi connectivity index (χ4v) is 1.79. The first-order valence-electron chi connectivity index (χ1n) is 7.04. The number of carbonyl (C=O) groups excluding carboxylic acids is 2. The van der Waals surface area contributed by atoms with E-state index in [2.05, 4.69) is 5.32 Å². The number of carboxylic acid groups (broad SMARTS) is 1. The first-order chi connectivity index (χ1) is 11.9. The number of rotatable bonds is 8. The van der Waals surface area contributed by atoms with Crippen LogP contribution in [0.1, 0.15) is 0 Å². The Bertz CT molecular complexity index is 757. The van der Waals surface area contributed by atoms with Gasteiger partial charge in [0, 0.05) is 17.8 Å². The maximum absolute atomic E-state index is 11.8. The lowest BCUT2D eigenvalue weighted by Gasteiger charge is -2.09. The summed E-state index contributed by atoms with van der Waals surface area (Å²) < 4.78 is 10.1. The lowest BCUT2D eigenvalue weighted by atomic mass is 10.3. The number of nitro benzene ring substituents is 1. The molecule has 0 fully saturated rings. The average molecular weight is 345 g/mol. The third-order valence-electron chi connectivity index (χ3n) is 2.91. The van der Waals surface area contributed by atoms with E-state index in [1.54, 1.807) is 0 Å². The average Bonchev–Trinajstić information content (AvgIpc) is 2.59. The van der Waals surface area contributed by atoms with Crippen LogP contribution in [0.4, 0.5) is 11.4 Å². The molecule has 25 heavy (non-hydrogen) atoms. The zero-order valence-electron chi connectivity index (χ0n) is 12.8. The third-order valence-corrected chi connectivity index (χ3v) is 2.91. The van der Waals surface area contributed by atoms with Crippen LogP contribution in [-0.4, -0.2) is 30.0 Å². The molecule has 1 amide bonds. The van der Waals surface area contributed by atoms with Crippen molar-refractivity contribution in [2.24, 2.45) is 0 Å². The number of carboxylic acids is 1. The summed E-state index contributed by atoms with van der Waals surface area (Å²) in [6.07, 6.45) is 0. The molecule has 9 heteroatoms. The van der Waals surface area contributed by atoms with Crippen LogP contribution in [0.5, 0.6) is 11.5 Å². The maximum Gasteiger partial charge on any atom is 0.269 e. The number of ether oxygens (including phenoxy) is 2. The number of non-ortho nitro benzene ring substituents is 1. The van der Waals surface area contributed by atoms with Gasteiger partial charge in [0.15, 0.2) is 6.61 Å². The molecule has 0 aliphatic carbocycles. The summed E-state index contributed by atoms with van der Waals surface area (Å²) >= 11 is 0. The van der Waals surface area contributed by atoms with Crippen molar-refractivity contribution in [3.8, 4) is 11.5 Å². The topological polar surface area (TPSA) is 131 Å². The van der Waals surface area contributed by atoms with Crippen LogP contribution < -0.4 is 19.9 Å². The van der Waals surface area contributed by atoms with Crippen molar-refractivity contribution in [1.29, 1.82) is 0 Å². The van der Waals surface area contributed by atoms with Crippen molar-refractivity contribution in [3.05, 3.63) is 58.6 Å². The number of hydrogen-bond acceptors (Lipinski definition) is 7. The zero-order chi connectivity index (χ0) is 18.2. The fourth-order valence-electron chi connectivity index (χ4n) is 1.79. The van der Waals surface area contributed by atoms with E-state index in [1.165, 1.54) is 48.5 Å². The molecule has 0 heterocycles. The van der Waals surface area contributed by atoms with Crippen LogP contribution >= 0.6 is 0 Å². The Hall–Kier alpha value is -3.62. The van der Waals surface area contributed by atoms with Gasteiger partial charge < -0.3 is 24.7 Å². The van der Waals surface area contributed by atoms with Gasteiger partial charge in [0.2, 0.25) is 0 Å². The molecular formula is C16H13N2O7-. The lowest BCUT2D eigenvalue weighted by Crippen LogP contribution is -2.28. The minimum Gasteiger partial charge on any atom is -0.546 e. The standard InChI is InChI=1S/C16H14N2O7/c19-15(9-24-14-7-3-12(4-8-14)18(22)23)17-11-1-5-13(6-2-11)25-10-16(20)21/h1-8H,9-10H2,(H,17,19)(H,20,21)/p-1. The van der Waals surface area contributed by atoms with E-state index in [0.29, 0.717) is 17.2 Å². The van der Waals surface area contributed by atoms with Crippen molar-refractivity contribution in [3.63, 3.8) is 0 Å². The molecule has 2 rings (SSSR count). The Morgan fingerprint density at radius 1 is 0.920 bits per heavy atom. The van der Waals surface area contributed by atoms with Crippen molar-refractivity contribution < 1.29 is 29.1 Å². The number of amides is 1. The predicted molar refractivity (Wildman–Crippen MR) is 84.2 cm³/mol. The Labute approximate surface area is 141 Å². The molecular weight excluding hydrogens is 332 g/mol. The molecule has 2 aromatic carbocycles. The van der Waals surface area contributed by atoms with E-state index in [0.717, 1.165) is 0 Å². The van der Waals surface area contributed by atoms with Gasteiger partial charge in [0.25, 0.3) is 11.6 Å². The quantitative estimate of drug-likeness (QED) is 0.551. The Balaban J connectivity index is 1.81. The monoisotopic (exact) mass is 345 g/mol. The molecule has 1 N–H and O–H groups in total. The third kappa shape index (κ3) is 5.82. The second-order valence-electron chi connectivity index (χ2n) is 4.77. The van der Waals surface area contributed by atoms with Crippen molar-refractivity contribution in [2.75, 3.05) is 18.5 Å². The SMILES string of the molecule is O=C([O-])COc1ccc(NC(=O)COc2ccc([N+](=O)[O-])cc2)cc1. The lowest BCUT2D eigenvalue weighted by molar-refractivity contribution is -0.384. The van der Waals surface area contributed by atoms with Crippen LogP contribution in [0.15, 0.2) is 48.5 Å². The Kier molecular flexibility index (Phi) is 5.88. The van der Waals surface area contributed by atoms with Crippen molar-refractivity contribution >= 4 is 23.3 Å². The van der Waals surface area contributed by atoms with E-state index in [9.17, 15) is 24.8 Å². The summed E-state index contributed by atoms with van der Waals surface area (Å²) in [7, 11) is 0. The summed E-state index contributed by atoms with van der Waals surface area (Å²) in [6, 6.07) is 11.4. The van der Waals surface area contributed by atoms with Gasteiger partial charge in [0.05, 0.1) is 10.9 Å². The Morgan fingerprint density at radius 2 is 1.44 bits per heavy atom. The first-order valence-corrected chi connectivity index (χ1v) is 7.04. The highest BCUT2D eigenvalue weighted by Crippen LogP contribution is 2.18. The second kappa shape index (κ2) is 8.29. The predicted octanol–water partition coefficient (Wildman–Crippen LogP) is 0.741. The number of nitrogens with one attached hydrogen (secondary N) is 1. The Morgan fingerprint density at radius 3 is 1.96 bits per heavy atom. The fraction of sp³-hybridized carbons (Fsp3) is 0.125. The molecule has 0 radical (unpaired) electrons. The van der Waals surface area contributed by atoms with Gasteiger partial charge in [-0.15, -0.1) is 0 Å². The normalized spacial score (nSPS) is 9.92. The van der Waals surface area contributed by atoms with Crippen LogP contribution in [0, 0.1) is 10.1 Å². The summed E-state index contributed by atoms with van der Waals surface area (Å²) in [4.78, 5) is 32.1. The molecule has 0 aliphatic heterocycles. The molecule has 0 saturated heterocycles. The van der Waals surface area contributed by atoms with Gasteiger partial charge in [-0.1, -0.05) is 0 Å². The van der Waals surface area contributed by atoms with Gasteiger partial charge in [-0.25, -0.2) is 0 Å². The summed E-state index contributed by atoms with van der Waals surface area (Å²) in [5.74, 6) is -1.11. The number of benzene rings is 2. The number of aliphatic carboxylic acids is 1. The molecule has 9 nitrogen and oxygen atoms in total. The molecule has 0 unspecified atom stereocenters. The highest BCUT2D eigenvalue weighted by molar-refractivity contribution is 5.91. The van der Waals surface area contributed by atoms with E-state index in [-0.39, 0.29) is 12.3 Å². The maximum atomic E-state index is 11.8. The number of nitrogens with zero attached hydrogens (tertiary/aromatic N) is 1. The van der Waals surface area contributed by atoms with E-state index in [4.69, 9.17) is 9.47 Å². The largest absolute Gasteiger partial charge is 0.546 e. The van der Waals surface area contributed by atoms with Crippen LogP contribution in [0.3, 0.4) is 0 Å². The van der Waals surface area contributed by atoms with Gasteiger partial charge in [-0.05, 0) is 36.4 Å². The van der Waals surface area contributed by atoms with Gasteiger partial charge in [-0.2, -0.15) is 0 Å². The number of hydrogen-bond donors (Lipinski definition) is 1. The van der Waals surface area contributed by atoms with E-state index < -0.39 is 23.4 Å². The molecule has 130 valence electrons. The summed E-state index contributed by atoms with van der Waals surface area (Å²) in [6.45, 7) is -0.838. The highest BCUT2D eigenvalue weighted by atomic mass is 16.6. The molecule has 0 aromatic heterocycles. The number of anilines is 1. The van der Waals surface area contributed by atoms with Crippen molar-refractivity contribution in [1.82, 2.24) is 0 Å². The number of carbonyl (C=O) groups is 2. The van der Waals surface area contributed by atoms with Crippen LogP contribution in [-0.2, 0) is 9.59 Å². The summed E-state index contributed by atoms with van der Waals surface area (Å²) in [5.41, 5.74) is 0.399. The first kappa shape index (κ1) is 17.7. The molecule has 0 aliphatic rings. The van der Waals surface area contributed by atoms with E-state index in [1.807, 2.05) is 0 Å². The minimum atomic E-state index is -1.33. The molecule has 2 aromatic rings. The summed E-state index contributed by atoms with van der Waals surface area (Å²) in [5, 5.41) is 23.4. The van der Waals surface area contributed by atoms with Crippen LogP contribution in [0.2, 0.25) is 0 Å².